The highest BCUT2D eigenvalue weighted by Crippen LogP contribution is 2.11. The number of hydrogen-bond donors (Lipinski definition) is 2. The van der Waals surface area contributed by atoms with Gasteiger partial charge >= 0.3 is 0 Å². The molecular weight excluding hydrogens is 300 g/mol. The van der Waals surface area contributed by atoms with E-state index >= 15 is 0 Å². The molecule has 2 N–H and O–H groups in total. The molecule has 0 bridgehead atoms. The second-order valence-corrected chi connectivity index (χ2v) is 5.17. The fourth-order valence-electron chi connectivity index (χ4n) is 1.95. The summed E-state index contributed by atoms with van der Waals surface area (Å²) in [4.78, 5) is 11.9. The summed E-state index contributed by atoms with van der Waals surface area (Å²) in [5, 5.41) is 13.9. The van der Waals surface area contributed by atoms with Crippen molar-refractivity contribution < 1.29 is 9.90 Å². The van der Waals surface area contributed by atoms with E-state index in [0.29, 0.717) is 11.3 Å². The topological polar surface area (TPSA) is 61.7 Å². The summed E-state index contributed by atoms with van der Waals surface area (Å²) in [5.41, 5.74) is 4.63. The Morgan fingerprint density at radius 1 is 1.04 bits per heavy atom. The van der Waals surface area contributed by atoms with Gasteiger partial charge < -0.3 is 5.11 Å². The van der Waals surface area contributed by atoms with Gasteiger partial charge in [0.25, 0.3) is 5.91 Å². The summed E-state index contributed by atoms with van der Waals surface area (Å²) >= 11 is 0. The van der Waals surface area contributed by atoms with Gasteiger partial charge in [0.2, 0.25) is 0 Å². The Labute approximate surface area is 141 Å². The van der Waals surface area contributed by atoms with Crippen LogP contribution < -0.4 is 5.43 Å². The molecular formula is C20H20N2O2. The Bertz CT molecular complexity index is 735. The second kappa shape index (κ2) is 9.22. The van der Waals surface area contributed by atoms with E-state index < -0.39 is 12.0 Å². The number of nitrogens with zero attached hydrogens (tertiary/aromatic N) is 1. The summed E-state index contributed by atoms with van der Waals surface area (Å²) in [6.45, 7) is 1.77. The van der Waals surface area contributed by atoms with E-state index in [1.165, 1.54) is 0 Å². The molecule has 24 heavy (non-hydrogen) atoms. The Morgan fingerprint density at radius 3 is 2.33 bits per heavy atom. The first-order valence-electron chi connectivity index (χ1n) is 7.64. The van der Waals surface area contributed by atoms with Gasteiger partial charge in [-0.05, 0) is 24.1 Å². The van der Waals surface area contributed by atoms with Gasteiger partial charge in [0, 0.05) is 0 Å². The maximum absolute atomic E-state index is 11.9. The number of allylic oxidation sites excluding steroid dienone is 3. The van der Waals surface area contributed by atoms with Gasteiger partial charge in [0.05, 0.1) is 5.71 Å². The van der Waals surface area contributed by atoms with Gasteiger partial charge in [-0.15, -0.1) is 0 Å². The average molecular weight is 320 g/mol. The Hall–Kier alpha value is -2.98. The first-order chi connectivity index (χ1) is 11.7. The molecule has 0 spiro atoms. The first kappa shape index (κ1) is 17.4. The highest BCUT2D eigenvalue weighted by Gasteiger charge is 2.15. The van der Waals surface area contributed by atoms with E-state index in [9.17, 15) is 9.90 Å². The second-order valence-electron chi connectivity index (χ2n) is 5.17. The largest absolute Gasteiger partial charge is 0.378 e. The summed E-state index contributed by atoms with van der Waals surface area (Å²) in [5.74, 6) is -0.561. The third kappa shape index (κ3) is 5.66. The van der Waals surface area contributed by atoms with Crippen LogP contribution in [0.2, 0.25) is 0 Å². The molecule has 0 radical (unpaired) electrons. The molecule has 0 heterocycles. The quantitative estimate of drug-likeness (QED) is 0.486. The van der Waals surface area contributed by atoms with Crippen LogP contribution in [0.1, 0.15) is 24.2 Å². The minimum Gasteiger partial charge on any atom is -0.378 e. The number of amides is 1. The predicted octanol–water partition coefficient (Wildman–Crippen LogP) is 3.48. The van der Waals surface area contributed by atoms with Crippen molar-refractivity contribution in [3.63, 3.8) is 0 Å². The average Bonchev–Trinajstić information content (AvgIpc) is 2.64. The lowest BCUT2D eigenvalue weighted by atomic mass is 10.1. The van der Waals surface area contributed by atoms with Crippen LogP contribution in [0.5, 0.6) is 0 Å². The van der Waals surface area contributed by atoms with Gasteiger partial charge in [0.15, 0.2) is 6.10 Å². The molecule has 2 rings (SSSR count). The van der Waals surface area contributed by atoms with Crippen LogP contribution in [0.3, 0.4) is 0 Å². The van der Waals surface area contributed by atoms with Crippen LogP contribution in [0, 0.1) is 0 Å². The summed E-state index contributed by atoms with van der Waals surface area (Å²) in [7, 11) is 0. The van der Waals surface area contributed by atoms with E-state index in [-0.39, 0.29) is 0 Å². The predicted molar refractivity (Wildman–Crippen MR) is 97.3 cm³/mol. The van der Waals surface area contributed by atoms with Crippen molar-refractivity contribution in [2.45, 2.75) is 13.0 Å². The number of hydrogen-bond acceptors (Lipinski definition) is 3. The van der Waals surface area contributed by atoms with Gasteiger partial charge in [0.1, 0.15) is 0 Å². The molecule has 2 aromatic carbocycles. The van der Waals surface area contributed by atoms with E-state index in [0.717, 1.165) is 5.56 Å². The van der Waals surface area contributed by atoms with Crippen LogP contribution in [-0.2, 0) is 4.79 Å². The first-order valence-corrected chi connectivity index (χ1v) is 7.64. The third-order valence-electron chi connectivity index (χ3n) is 3.24. The lowest BCUT2D eigenvalue weighted by Gasteiger charge is -2.08. The van der Waals surface area contributed by atoms with Crippen molar-refractivity contribution in [1.82, 2.24) is 5.43 Å². The molecule has 0 aromatic heterocycles. The van der Waals surface area contributed by atoms with Crippen molar-refractivity contribution in [2.75, 3.05) is 0 Å². The zero-order chi connectivity index (χ0) is 17.2. The number of carbonyl (C=O) groups is 1. The Kier molecular flexibility index (Phi) is 6.68. The van der Waals surface area contributed by atoms with Crippen LogP contribution in [-0.4, -0.2) is 16.7 Å². The van der Waals surface area contributed by atoms with Crippen LogP contribution in [0.25, 0.3) is 6.08 Å². The molecule has 0 fully saturated rings. The zero-order valence-corrected chi connectivity index (χ0v) is 13.5. The lowest BCUT2D eigenvalue weighted by Crippen LogP contribution is -2.25. The van der Waals surface area contributed by atoms with Gasteiger partial charge in [-0.25, -0.2) is 5.43 Å². The number of benzene rings is 2. The highest BCUT2D eigenvalue weighted by atomic mass is 16.3. The smallest absolute Gasteiger partial charge is 0.273 e. The summed E-state index contributed by atoms with van der Waals surface area (Å²) in [6, 6.07) is 18.7. The van der Waals surface area contributed by atoms with Crippen LogP contribution in [0.15, 0.2) is 84.0 Å². The van der Waals surface area contributed by atoms with Crippen molar-refractivity contribution >= 4 is 17.7 Å². The normalized spacial score (nSPS) is 13.3. The molecule has 4 nitrogen and oxygen atoms in total. The van der Waals surface area contributed by atoms with Crippen molar-refractivity contribution in [1.29, 1.82) is 0 Å². The van der Waals surface area contributed by atoms with E-state index in [1.807, 2.05) is 54.6 Å². The van der Waals surface area contributed by atoms with Crippen molar-refractivity contribution in [3.05, 3.63) is 90.0 Å². The highest BCUT2D eigenvalue weighted by molar-refractivity contribution is 5.94. The Balaban J connectivity index is 1.86. The van der Waals surface area contributed by atoms with Crippen molar-refractivity contribution in [3.8, 4) is 0 Å². The standard InChI is InChI=1S/C20H20N2O2/c1-16(10-8-9-13-17-11-4-2-5-12-17)21-22-20(24)19(23)18-14-6-3-7-15-18/h2-15,19,23H,1H3,(H,22,24)/b10-8+,13-9-,21-16?/t19-/m1/s1. The molecule has 0 aliphatic carbocycles. The summed E-state index contributed by atoms with van der Waals surface area (Å²) < 4.78 is 0. The van der Waals surface area contributed by atoms with E-state index in [2.05, 4.69) is 10.5 Å². The monoisotopic (exact) mass is 320 g/mol. The molecule has 0 saturated heterocycles. The number of carbonyl (C=O) groups excluding carboxylic acids is 1. The zero-order valence-electron chi connectivity index (χ0n) is 13.5. The lowest BCUT2D eigenvalue weighted by molar-refractivity contribution is -0.129. The van der Waals surface area contributed by atoms with Crippen LogP contribution >= 0.6 is 0 Å². The minimum absolute atomic E-state index is 0.532. The fraction of sp³-hybridized carbons (Fsp3) is 0.100. The molecule has 0 aliphatic rings. The molecule has 122 valence electrons. The molecule has 1 atom stereocenters. The SMILES string of the molecule is CC(/C=C/C=C\c1ccccc1)=NNC(=O)[C@H](O)c1ccccc1. The molecule has 2 aromatic rings. The fourth-order valence-corrected chi connectivity index (χ4v) is 1.95. The maximum Gasteiger partial charge on any atom is 0.273 e. The number of aliphatic hydroxyl groups is 1. The maximum atomic E-state index is 11.9. The third-order valence-corrected chi connectivity index (χ3v) is 3.24. The van der Waals surface area contributed by atoms with Gasteiger partial charge in [-0.3, -0.25) is 4.79 Å². The van der Waals surface area contributed by atoms with Crippen LogP contribution in [0.4, 0.5) is 0 Å². The summed E-state index contributed by atoms with van der Waals surface area (Å²) in [6.07, 6.45) is 6.25. The van der Waals surface area contributed by atoms with E-state index in [1.54, 1.807) is 37.3 Å². The minimum atomic E-state index is -1.23. The molecule has 0 aliphatic heterocycles. The van der Waals surface area contributed by atoms with Gasteiger partial charge in [-0.1, -0.05) is 78.9 Å². The molecule has 4 heteroatoms. The Morgan fingerprint density at radius 2 is 1.67 bits per heavy atom. The number of rotatable bonds is 6. The van der Waals surface area contributed by atoms with E-state index in [4.69, 9.17) is 0 Å². The van der Waals surface area contributed by atoms with Gasteiger partial charge in [-0.2, -0.15) is 5.10 Å². The number of nitrogens with one attached hydrogen (secondary N) is 1. The molecule has 0 unspecified atom stereocenters. The molecule has 1 amide bonds. The number of aliphatic hydroxyl groups excluding tert-OH is 1. The molecule has 0 saturated carbocycles. The number of hydrazone groups is 1. The van der Waals surface area contributed by atoms with Crippen molar-refractivity contribution in [2.24, 2.45) is 5.10 Å².